The molecular formula is C46H93. The first-order valence-electron chi connectivity index (χ1n) is 22.7. The molecule has 0 rings (SSSR count). The molecule has 0 heteroatoms. The fourth-order valence-electron chi connectivity index (χ4n) is 7.55. The summed E-state index contributed by atoms with van der Waals surface area (Å²) in [5, 5.41) is 0. The lowest BCUT2D eigenvalue weighted by Crippen LogP contribution is -1.99. The normalized spacial score (nSPS) is 11.7. The number of hydrogen-bond donors (Lipinski definition) is 0. The Labute approximate surface area is 295 Å². The van der Waals surface area contributed by atoms with Gasteiger partial charge in [0.25, 0.3) is 0 Å². The maximum Gasteiger partial charge on any atom is -0.0241 e. The monoisotopic (exact) mass is 646 g/mol. The highest BCUT2D eigenvalue weighted by molar-refractivity contribution is 4.89. The molecule has 0 aromatic carbocycles. The molecule has 0 heterocycles. The Bertz CT molecular complexity index is 494. The summed E-state index contributed by atoms with van der Waals surface area (Å²) in [7, 11) is 0. The van der Waals surface area contributed by atoms with Gasteiger partial charge in [0.1, 0.15) is 0 Å². The molecule has 0 aliphatic carbocycles. The van der Waals surface area contributed by atoms with Crippen LogP contribution < -0.4 is 0 Å². The van der Waals surface area contributed by atoms with Crippen LogP contribution in [0.2, 0.25) is 0 Å². The highest BCUT2D eigenvalue weighted by Crippen LogP contribution is 2.27. The maximum atomic E-state index is 2.32. The summed E-state index contributed by atoms with van der Waals surface area (Å²) >= 11 is 0. The average Bonchev–Trinajstić information content (AvgIpc) is 3.07. The highest BCUT2D eigenvalue weighted by Gasteiger charge is 2.09. The van der Waals surface area contributed by atoms with Gasteiger partial charge in [0.2, 0.25) is 0 Å². The van der Waals surface area contributed by atoms with E-state index in [1.807, 2.05) is 5.92 Å². The van der Waals surface area contributed by atoms with Crippen molar-refractivity contribution < 1.29 is 0 Å². The second-order valence-electron chi connectivity index (χ2n) is 15.7. The van der Waals surface area contributed by atoms with Crippen molar-refractivity contribution in [3.8, 4) is 0 Å². The zero-order valence-corrected chi connectivity index (χ0v) is 33.2. The molecule has 1 radical (unpaired) electrons. The van der Waals surface area contributed by atoms with Gasteiger partial charge in [-0.15, -0.1) is 0 Å². The Kier molecular flexibility index (Phi) is 43.0. The summed E-state index contributed by atoms with van der Waals surface area (Å²) in [5.74, 6) is 1.95. The quantitative estimate of drug-likeness (QED) is 0.0579. The minimum Gasteiger partial charge on any atom is -0.0654 e. The maximum absolute atomic E-state index is 2.32. The topological polar surface area (TPSA) is 0 Å². The Balaban J connectivity index is 3.88. The first-order chi connectivity index (χ1) is 22.8. The lowest BCUT2D eigenvalue weighted by Gasteiger charge is -2.16. The van der Waals surface area contributed by atoms with Crippen molar-refractivity contribution in [2.24, 2.45) is 0 Å². The van der Waals surface area contributed by atoms with E-state index in [1.54, 1.807) is 0 Å². The fraction of sp³-hybridized carbons (Fsp3) is 0.978. The van der Waals surface area contributed by atoms with Crippen LogP contribution in [0.4, 0.5) is 0 Å². The van der Waals surface area contributed by atoms with Gasteiger partial charge < -0.3 is 0 Å². The molecule has 0 unspecified atom stereocenters. The van der Waals surface area contributed by atoms with Gasteiger partial charge in [-0.2, -0.15) is 0 Å². The number of hydrogen-bond acceptors (Lipinski definition) is 0. The van der Waals surface area contributed by atoms with Gasteiger partial charge in [0.15, 0.2) is 0 Å². The Hall–Kier alpha value is 0. The molecule has 0 atom stereocenters. The van der Waals surface area contributed by atoms with Gasteiger partial charge >= 0.3 is 0 Å². The Morgan fingerprint density at radius 2 is 0.304 bits per heavy atom. The molecule has 0 fully saturated rings. The van der Waals surface area contributed by atoms with Crippen LogP contribution in [0.5, 0.6) is 0 Å². The van der Waals surface area contributed by atoms with Gasteiger partial charge in [-0.05, 0) is 25.2 Å². The summed E-state index contributed by atoms with van der Waals surface area (Å²) in [4.78, 5) is 0. The van der Waals surface area contributed by atoms with Gasteiger partial charge in [-0.1, -0.05) is 271 Å². The van der Waals surface area contributed by atoms with Gasteiger partial charge in [-0.25, -0.2) is 0 Å². The molecule has 0 aromatic heterocycles. The zero-order valence-electron chi connectivity index (χ0n) is 33.2. The van der Waals surface area contributed by atoms with E-state index in [2.05, 4.69) is 20.8 Å². The van der Waals surface area contributed by atoms with Crippen LogP contribution in [0.3, 0.4) is 0 Å². The van der Waals surface area contributed by atoms with E-state index < -0.39 is 0 Å². The van der Waals surface area contributed by atoms with Gasteiger partial charge in [0.05, 0.1) is 0 Å². The molecule has 0 aliphatic rings. The minimum atomic E-state index is 1.37. The average molecular weight is 646 g/mol. The third kappa shape index (κ3) is 40.2. The van der Waals surface area contributed by atoms with Gasteiger partial charge in [0, 0.05) is 0 Å². The largest absolute Gasteiger partial charge is 0.0654 e. The van der Waals surface area contributed by atoms with E-state index in [1.165, 1.54) is 270 Å². The molecule has 277 valence electrons. The molecule has 0 saturated heterocycles. The summed E-state index contributed by atoms with van der Waals surface area (Å²) < 4.78 is 0. The van der Waals surface area contributed by atoms with Crippen molar-refractivity contribution in [2.45, 2.75) is 290 Å². The zero-order chi connectivity index (χ0) is 33.3. The van der Waals surface area contributed by atoms with Crippen molar-refractivity contribution in [1.29, 1.82) is 0 Å². The predicted octanol–water partition coefficient (Wildman–Crippen LogP) is 18.0. The Morgan fingerprint density at radius 3 is 0.457 bits per heavy atom. The van der Waals surface area contributed by atoms with Crippen LogP contribution >= 0.6 is 0 Å². The molecular weight excluding hydrogens is 553 g/mol. The van der Waals surface area contributed by atoms with Crippen molar-refractivity contribution in [1.82, 2.24) is 0 Å². The molecule has 0 aliphatic heterocycles. The molecule has 0 spiro atoms. The first-order valence-corrected chi connectivity index (χ1v) is 22.7. The summed E-state index contributed by atoms with van der Waals surface area (Å²) in [6.07, 6.45) is 61.8. The van der Waals surface area contributed by atoms with E-state index >= 15 is 0 Å². The molecule has 0 bridgehead atoms. The highest BCUT2D eigenvalue weighted by atomic mass is 14.1. The fourth-order valence-corrected chi connectivity index (χ4v) is 7.55. The van der Waals surface area contributed by atoms with Crippen molar-refractivity contribution in [3.05, 3.63) is 5.92 Å². The molecule has 0 N–H and O–H groups in total. The van der Waals surface area contributed by atoms with Crippen molar-refractivity contribution >= 4 is 0 Å². The standard InChI is InChI=1S/C46H93/c1-4-7-10-13-16-19-22-24-26-28-30-33-36-39-42-45-46(43-40-37-34-31-21-18-15-12-9-6-3)44-41-38-35-32-29-27-25-23-20-17-14-11-8-5-2/h4-45H2,1-3H3. The van der Waals surface area contributed by atoms with E-state index in [-0.39, 0.29) is 0 Å². The molecule has 0 saturated carbocycles. The van der Waals surface area contributed by atoms with E-state index in [9.17, 15) is 0 Å². The van der Waals surface area contributed by atoms with Crippen molar-refractivity contribution in [3.63, 3.8) is 0 Å². The van der Waals surface area contributed by atoms with E-state index in [0.29, 0.717) is 0 Å². The predicted molar refractivity (Wildman–Crippen MR) is 214 cm³/mol. The third-order valence-electron chi connectivity index (χ3n) is 10.9. The summed E-state index contributed by atoms with van der Waals surface area (Å²) in [6.45, 7) is 6.96. The first kappa shape index (κ1) is 46.0. The van der Waals surface area contributed by atoms with Crippen LogP contribution in [0.25, 0.3) is 0 Å². The minimum absolute atomic E-state index is 1.37. The third-order valence-corrected chi connectivity index (χ3v) is 10.9. The Morgan fingerprint density at radius 1 is 0.174 bits per heavy atom. The van der Waals surface area contributed by atoms with Crippen LogP contribution in [0, 0.1) is 5.92 Å². The van der Waals surface area contributed by atoms with Crippen LogP contribution in [0.1, 0.15) is 290 Å². The molecule has 0 aromatic rings. The second-order valence-corrected chi connectivity index (χ2v) is 15.7. The molecule has 0 nitrogen and oxygen atoms in total. The van der Waals surface area contributed by atoms with Gasteiger partial charge in [-0.3, -0.25) is 0 Å². The number of unbranched alkanes of at least 4 members (excludes halogenated alkanes) is 36. The summed E-state index contributed by atoms with van der Waals surface area (Å²) in [6, 6.07) is 0. The van der Waals surface area contributed by atoms with Crippen LogP contribution in [0.15, 0.2) is 0 Å². The summed E-state index contributed by atoms with van der Waals surface area (Å²) in [5.41, 5.74) is 0. The van der Waals surface area contributed by atoms with Crippen LogP contribution in [-0.4, -0.2) is 0 Å². The van der Waals surface area contributed by atoms with Crippen molar-refractivity contribution in [2.75, 3.05) is 0 Å². The SMILES string of the molecule is CCCCCCCCCCCCCCCCC[C](CCCCCCCCCCCC)CCCCCCCCCCCCCCCC. The lowest BCUT2D eigenvalue weighted by atomic mass is 9.89. The second kappa shape index (κ2) is 43.0. The smallest absolute Gasteiger partial charge is 0.0241 e. The van der Waals surface area contributed by atoms with E-state index in [0.717, 1.165) is 0 Å². The lowest BCUT2D eigenvalue weighted by molar-refractivity contribution is 0.499. The van der Waals surface area contributed by atoms with E-state index in [4.69, 9.17) is 0 Å². The van der Waals surface area contributed by atoms with Crippen LogP contribution in [-0.2, 0) is 0 Å². The number of rotatable bonds is 42. The molecule has 46 heavy (non-hydrogen) atoms. The molecule has 0 amide bonds.